The molecule has 0 fully saturated rings. The topological polar surface area (TPSA) is 18.5 Å². The molecule has 0 saturated carbocycles. The third-order valence-electron chi connectivity index (χ3n) is 5.00. The molecule has 3 aromatic rings. The van der Waals surface area contributed by atoms with Crippen LogP contribution in [0.3, 0.4) is 0 Å². The van der Waals surface area contributed by atoms with Gasteiger partial charge in [-0.1, -0.05) is 24.3 Å². The van der Waals surface area contributed by atoms with Crippen molar-refractivity contribution in [3.63, 3.8) is 0 Å². The molecule has 1 aliphatic rings. The highest BCUT2D eigenvalue weighted by molar-refractivity contribution is 7.15. The molecule has 0 N–H and O–H groups in total. The monoisotopic (exact) mass is 363 g/mol. The van der Waals surface area contributed by atoms with Gasteiger partial charge in [-0.05, 0) is 54.7 Å². The summed E-state index contributed by atoms with van der Waals surface area (Å²) in [7, 11) is 3.37. The summed E-state index contributed by atoms with van der Waals surface area (Å²) in [6.07, 6.45) is 4.89. The first-order valence-electron chi connectivity index (χ1n) is 9.07. The maximum absolute atomic E-state index is 5.53. The van der Waals surface area contributed by atoms with Crippen LogP contribution in [0.25, 0.3) is 21.6 Å². The summed E-state index contributed by atoms with van der Waals surface area (Å²) in [4.78, 5) is 2.86. The number of hydrogen-bond acceptors (Lipinski definition) is 2. The predicted octanol–water partition coefficient (Wildman–Crippen LogP) is 6.26. The van der Waals surface area contributed by atoms with E-state index >= 15 is 0 Å². The molecule has 0 amide bonds. The molecule has 0 bridgehead atoms. The summed E-state index contributed by atoms with van der Waals surface area (Å²) >= 11 is 1.95. The summed E-state index contributed by atoms with van der Waals surface area (Å²) in [6.45, 7) is 0. The Labute approximate surface area is 159 Å². The Bertz CT molecular complexity index is 919. The fourth-order valence-electron chi connectivity index (χ4n) is 3.66. The van der Waals surface area contributed by atoms with E-state index in [4.69, 9.17) is 9.47 Å². The van der Waals surface area contributed by atoms with Crippen LogP contribution in [0.15, 0.2) is 54.6 Å². The van der Waals surface area contributed by atoms with Gasteiger partial charge < -0.3 is 9.47 Å². The Hall–Kier alpha value is -2.39. The maximum Gasteiger partial charge on any atom is 0.238 e. The van der Waals surface area contributed by atoms with Crippen molar-refractivity contribution in [2.75, 3.05) is 14.2 Å². The molecule has 1 heterocycles. The van der Waals surface area contributed by atoms with Crippen LogP contribution in [0.5, 0.6) is 11.5 Å². The molecule has 1 aromatic heterocycles. The number of methoxy groups -OCH3 is 2. The van der Waals surface area contributed by atoms with Gasteiger partial charge in [0, 0.05) is 23.6 Å². The standard InChI is InChI=1S/C23H23O2S/c1-24-20-13-12-17(14-21(20)25-2)19-15-23(16-8-4-3-5-9-16)26-22-11-7-6-10-18(19)22/h3-5,8-9,12-15H,6-7,10-11H2,1-2H3/q+1. The highest BCUT2D eigenvalue weighted by Crippen LogP contribution is 2.41. The van der Waals surface area contributed by atoms with Gasteiger partial charge in [0.2, 0.25) is 21.1 Å². The Kier molecular flexibility index (Phi) is 4.89. The van der Waals surface area contributed by atoms with Gasteiger partial charge in [-0.15, -0.1) is 0 Å². The highest BCUT2D eigenvalue weighted by Gasteiger charge is 2.26. The van der Waals surface area contributed by atoms with Crippen LogP contribution in [0, 0.1) is 0 Å². The second-order valence-electron chi connectivity index (χ2n) is 6.57. The molecule has 1 aliphatic carbocycles. The predicted molar refractivity (Wildman–Crippen MR) is 109 cm³/mol. The minimum absolute atomic E-state index is 0.771. The molecule has 3 heteroatoms. The van der Waals surface area contributed by atoms with Crippen molar-refractivity contribution in [3.05, 3.63) is 65.0 Å². The second-order valence-corrected chi connectivity index (χ2v) is 7.71. The van der Waals surface area contributed by atoms with E-state index in [1.807, 2.05) is 17.4 Å². The second kappa shape index (κ2) is 7.46. The molecule has 0 radical (unpaired) electrons. The van der Waals surface area contributed by atoms with Gasteiger partial charge in [0.25, 0.3) is 0 Å². The van der Waals surface area contributed by atoms with E-state index in [0.717, 1.165) is 17.9 Å². The number of benzene rings is 2. The van der Waals surface area contributed by atoms with Crippen molar-refractivity contribution in [2.24, 2.45) is 0 Å². The first kappa shape index (κ1) is 17.0. The summed E-state index contributed by atoms with van der Waals surface area (Å²) in [5.41, 5.74) is 5.32. The number of rotatable bonds is 4. The summed E-state index contributed by atoms with van der Waals surface area (Å²) in [6, 6.07) is 19.3. The van der Waals surface area contributed by atoms with Crippen LogP contribution in [0.1, 0.15) is 23.3 Å². The molecule has 0 saturated heterocycles. The van der Waals surface area contributed by atoms with Gasteiger partial charge in [0.1, 0.15) is 0 Å². The zero-order chi connectivity index (χ0) is 17.9. The first-order chi connectivity index (χ1) is 12.8. The van der Waals surface area contributed by atoms with E-state index in [1.165, 1.54) is 51.3 Å². The molecular formula is C23H23O2S+. The maximum atomic E-state index is 5.53. The van der Waals surface area contributed by atoms with Crippen molar-refractivity contribution in [3.8, 4) is 33.1 Å². The van der Waals surface area contributed by atoms with E-state index < -0.39 is 0 Å². The molecule has 4 rings (SSSR count). The molecule has 2 nitrogen and oxygen atoms in total. The largest absolute Gasteiger partial charge is 0.493 e. The minimum atomic E-state index is 0.771. The van der Waals surface area contributed by atoms with Gasteiger partial charge in [-0.25, -0.2) is 0 Å². The van der Waals surface area contributed by atoms with Gasteiger partial charge in [0.05, 0.1) is 14.2 Å². The normalized spacial score (nSPS) is 13.2. The zero-order valence-corrected chi connectivity index (χ0v) is 16.1. The molecule has 0 spiro atoms. The van der Waals surface area contributed by atoms with Crippen LogP contribution < -0.4 is 9.47 Å². The Morgan fingerprint density at radius 3 is 2.31 bits per heavy atom. The summed E-state index contributed by atoms with van der Waals surface area (Å²) in [5.74, 6) is 1.55. The van der Waals surface area contributed by atoms with Gasteiger partial charge in [-0.2, -0.15) is 0 Å². The molecule has 2 aromatic carbocycles. The van der Waals surface area contributed by atoms with E-state index in [0.29, 0.717) is 0 Å². The lowest BCUT2D eigenvalue weighted by atomic mass is 9.91. The fraction of sp³-hybridized carbons (Fsp3) is 0.261. The van der Waals surface area contributed by atoms with Crippen LogP contribution in [-0.2, 0) is 12.8 Å². The van der Waals surface area contributed by atoms with E-state index in [1.54, 1.807) is 14.2 Å². The molecule has 0 atom stereocenters. The average Bonchev–Trinajstić information content (AvgIpc) is 2.73. The Morgan fingerprint density at radius 1 is 0.769 bits per heavy atom. The van der Waals surface area contributed by atoms with E-state index in [9.17, 15) is 0 Å². The number of ether oxygens (including phenoxy) is 2. The van der Waals surface area contributed by atoms with Gasteiger partial charge >= 0.3 is 0 Å². The molecule has 132 valence electrons. The van der Waals surface area contributed by atoms with Crippen LogP contribution in [0.4, 0.5) is 0 Å². The molecular weight excluding hydrogens is 340 g/mol. The van der Waals surface area contributed by atoms with Gasteiger partial charge in [-0.3, -0.25) is 0 Å². The lowest BCUT2D eigenvalue weighted by molar-refractivity contribution is 0.355. The zero-order valence-electron chi connectivity index (χ0n) is 15.2. The fourth-order valence-corrected chi connectivity index (χ4v) is 4.94. The Balaban J connectivity index is 1.90. The smallest absolute Gasteiger partial charge is 0.238 e. The van der Waals surface area contributed by atoms with Crippen LogP contribution >= 0.6 is 11.3 Å². The van der Waals surface area contributed by atoms with Crippen LogP contribution in [-0.4, -0.2) is 14.2 Å². The van der Waals surface area contributed by atoms with Crippen molar-refractivity contribution < 1.29 is 9.47 Å². The molecule has 0 unspecified atom stereocenters. The first-order valence-corrected chi connectivity index (χ1v) is 9.88. The number of aryl methyl sites for hydroxylation is 1. The minimum Gasteiger partial charge on any atom is -0.493 e. The van der Waals surface area contributed by atoms with E-state index in [-0.39, 0.29) is 0 Å². The van der Waals surface area contributed by atoms with Gasteiger partial charge in [0.15, 0.2) is 11.5 Å². The summed E-state index contributed by atoms with van der Waals surface area (Å²) < 4.78 is 10.9. The lowest BCUT2D eigenvalue weighted by Crippen LogP contribution is -2.04. The molecule has 0 aliphatic heterocycles. The van der Waals surface area contributed by atoms with Crippen molar-refractivity contribution in [1.29, 1.82) is 0 Å². The third-order valence-corrected chi connectivity index (χ3v) is 6.27. The third kappa shape index (κ3) is 3.19. The summed E-state index contributed by atoms with van der Waals surface area (Å²) in [5, 5.41) is 0. The van der Waals surface area contributed by atoms with Crippen LogP contribution in [0.2, 0.25) is 0 Å². The number of fused-ring (bicyclic) bond motifs is 1. The molecule has 26 heavy (non-hydrogen) atoms. The van der Waals surface area contributed by atoms with Crippen molar-refractivity contribution in [2.45, 2.75) is 25.7 Å². The lowest BCUT2D eigenvalue weighted by Gasteiger charge is -2.16. The quantitative estimate of drug-likeness (QED) is 0.509. The average molecular weight is 364 g/mol. The SMILES string of the molecule is COc1ccc(-c2cc(-c3ccccc3)[s+]c3c2CCCC3)cc1OC. The van der Waals surface area contributed by atoms with Crippen molar-refractivity contribution in [1.82, 2.24) is 0 Å². The Morgan fingerprint density at radius 2 is 1.54 bits per heavy atom. The highest BCUT2D eigenvalue weighted by atomic mass is 32.1. The van der Waals surface area contributed by atoms with Crippen molar-refractivity contribution >= 4 is 11.3 Å². The number of hydrogen-bond donors (Lipinski definition) is 0. The van der Waals surface area contributed by atoms with E-state index in [2.05, 4.69) is 48.5 Å².